The zero-order chi connectivity index (χ0) is 13.1. The summed E-state index contributed by atoms with van der Waals surface area (Å²) in [5, 5.41) is 4.33. The van der Waals surface area contributed by atoms with Crippen molar-refractivity contribution in [3.63, 3.8) is 0 Å². The molecule has 1 aliphatic heterocycles. The zero-order valence-corrected chi connectivity index (χ0v) is 11.8. The topological polar surface area (TPSA) is 43.4 Å². The first-order valence-corrected chi connectivity index (χ1v) is 7.55. The highest BCUT2D eigenvalue weighted by atomic mass is 32.1. The van der Waals surface area contributed by atoms with E-state index in [0.717, 1.165) is 40.7 Å². The molecule has 0 radical (unpaired) electrons. The van der Waals surface area contributed by atoms with Gasteiger partial charge in [0.2, 0.25) is 0 Å². The monoisotopic (exact) mass is 278 g/mol. The molecule has 0 aliphatic carbocycles. The highest BCUT2D eigenvalue weighted by molar-refractivity contribution is 7.22. The van der Waals surface area contributed by atoms with Crippen LogP contribution in [-0.2, 0) is 4.74 Å². The van der Waals surface area contributed by atoms with Crippen LogP contribution in [0.1, 0.15) is 19.8 Å². The molecular weight excluding hydrogens is 260 g/mol. The molecule has 1 aromatic carbocycles. The van der Waals surface area contributed by atoms with Crippen molar-refractivity contribution in [1.82, 2.24) is 4.98 Å². The molecule has 0 unspecified atom stereocenters. The molecular formula is C14H18N2O2S. The summed E-state index contributed by atoms with van der Waals surface area (Å²) in [5.74, 6) is 0.907. The Labute approximate surface area is 116 Å². The van der Waals surface area contributed by atoms with Crippen molar-refractivity contribution in [2.24, 2.45) is 0 Å². The first-order valence-electron chi connectivity index (χ1n) is 6.74. The van der Waals surface area contributed by atoms with E-state index in [-0.39, 0.29) is 0 Å². The van der Waals surface area contributed by atoms with E-state index in [1.165, 1.54) is 6.42 Å². The van der Waals surface area contributed by atoms with E-state index in [0.29, 0.717) is 12.7 Å². The first-order chi connectivity index (χ1) is 9.35. The van der Waals surface area contributed by atoms with Crippen molar-refractivity contribution < 1.29 is 9.47 Å². The van der Waals surface area contributed by atoms with Gasteiger partial charge in [0.05, 0.1) is 22.9 Å². The van der Waals surface area contributed by atoms with Crippen LogP contribution < -0.4 is 10.1 Å². The molecule has 3 rings (SSSR count). The number of nitrogens with zero attached hydrogens (tertiary/aromatic N) is 1. The molecule has 2 heterocycles. The largest absolute Gasteiger partial charge is 0.494 e. The normalized spacial score (nSPS) is 18.9. The van der Waals surface area contributed by atoms with Gasteiger partial charge in [-0.1, -0.05) is 11.3 Å². The van der Waals surface area contributed by atoms with Crippen LogP contribution in [0.5, 0.6) is 5.75 Å². The third kappa shape index (κ3) is 2.98. The van der Waals surface area contributed by atoms with Crippen molar-refractivity contribution in [3.05, 3.63) is 18.2 Å². The second-order valence-corrected chi connectivity index (χ2v) is 5.63. The van der Waals surface area contributed by atoms with Crippen molar-refractivity contribution in [1.29, 1.82) is 0 Å². The molecule has 1 atom stereocenters. The van der Waals surface area contributed by atoms with Crippen molar-refractivity contribution >= 4 is 26.7 Å². The fourth-order valence-electron chi connectivity index (χ4n) is 2.24. The van der Waals surface area contributed by atoms with Crippen LogP contribution in [0.3, 0.4) is 0 Å². The Balaban J connectivity index is 1.69. The van der Waals surface area contributed by atoms with Gasteiger partial charge in [0.1, 0.15) is 5.75 Å². The number of rotatable bonds is 5. The van der Waals surface area contributed by atoms with Crippen molar-refractivity contribution in [3.8, 4) is 5.75 Å². The maximum atomic E-state index is 5.59. The van der Waals surface area contributed by atoms with Crippen LogP contribution in [0.2, 0.25) is 0 Å². The van der Waals surface area contributed by atoms with E-state index >= 15 is 0 Å². The predicted molar refractivity (Wildman–Crippen MR) is 78.3 cm³/mol. The maximum absolute atomic E-state index is 5.59. The molecule has 1 saturated heterocycles. The quantitative estimate of drug-likeness (QED) is 0.911. The van der Waals surface area contributed by atoms with Gasteiger partial charge in [-0.25, -0.2) is 4.98 Å². The van der Waals surface area contributed by atoms with Crippen LogP contribution in [0, 0.1) is 0 Å². The van der Waals surface area contributed by atoms with Gasteiger partial charge in [0, 0.05) is 13.2 Å². The lowest BCUT2D eigenvalue weighted by Gasteiger charge is -2.08. The van der Waals surface area contributed by atoms with E-state index in [9.17, 15) is 0 Å². The third-order valence-electron chi connectivity index (χ3n) is 3.18. The molecule has 1 fully saturated rings. The molecule has 4 nitrogen and oxygen atoms in total. The Morgan fingerprint density at radius 2 is 2.47 bits per heavy atom. The number of hydrogen-bond donors (Lipinski definition) is 1. The number of hydrogen-bond acceptors (Lipinski definition) is 5. The minimum absolute atomic E-state index is 0.339. The second-order valence-electron chi connectivity index (χ2n) is 4.60. The lowest BCUT2D eigenvalue weighted by molar-refractivity contribution is 0.120. The summed E-state index contributed by atoms with van der Waals surface area (Å²) in [7, 11) is 0. The van der Waals surface area contributed by atoms with Gasteiger partial charge < -0.3 is 14.8 Å². The van der Waals surface area contributed by atoms with Crippen molar-refractivity contribution in [2.75, 3.05) is 25.1 Å². The number of aromatic nitrogens is 1. The molecule has 19 heavy (non-hydrogen) atoms. The van der Waals surface area contributed by atoms with E-state index in [1.54, 1.807) is 11.3 Å². The van der Waals surface area contributed by atoms with Crippen LogP contribution in [-0.4, -0.2) is 30.8 Å². The number of fused-ring (bicyclic) bond motifs is 1. The molecule has 2 aromatic rings. The number of thiazole rings is 1. The number of nitrogens with one attached hydrogen (secondary N) is 1. The fourth-order valence-corrected chi connectivity index (χ4v) is 3.14. The van der Waals surface area contributed by atoms with Gasteiger partial charge in [0.25, 0.3) is 0 Å². The van der Waals surface area contributed by atoms with Gasteiger partial charge in [-0.05, 0) is 38.0 Å². The Morgan fingerprint density at radius 3 is 3.26 bits per heavy atom. The number of benzene rings is 1. The Kier molecular flexibility index (Phi) is 3.84. The number of anilines is 1. The molecule has 1 aliphatic rings. The summed E-state index contributed by atoms with van der Waals surface area (Å²) in [4.78, 5) is 4.57. The van der Waals surface area contributed by atoms with E-state index in [2.05, 4.69) is 10.3 Å². The summed E-state index contributed by atoms with van der Waals surface area (Å²) in [5.41, 5.74) is 1.02. The summed E-state index contributed by atoms with van der Waals surface area (Å²) in [6.45, 7) is 4.42. The van der Waals surface area contributed by atoms with Crippen molar-refractivity contribution in [2.45, 2.75) is 25.9 Å². The smallest absolute Gasteiger partial charge is 0.183 e. The minimum atomic E-state index is 0.339. The van der Waals surface area contributed by atoms with Crippen LogP contribution >= 0.6 is 11.3 Å². The minimum Gasteiger partial charge on any atom is -0.494 e. The Bertz CT molecular complexity index is 549. The highest BCUT2D eigenvalue weighted by Crippen LogP contribution is 2.29. The van der Waals surface area contributed by atoms with Gasteiger partial charge in [-0.2, -0.15) is 0 Å². The molecule has 0 saturated carbocycles. The molecule has 0 amide bonds. The summed E-state index contributed by atoms with van der Waals surface area (Å²) in [6.07, 6.45) is 2.65. The predicted octanol–water partition coefficient (Wildman–Crippen LogP) is 3.29. The fraction of sp³-hybridized carbons (Fsp3) is 0.500. The molecule has 1 aromatic heterocycles. The van der Waals surface area contributed by atoms with E-state index in [1.807, 2.05) is 25.1 Å². The summed E-state index contributed by atoms with van der Waals surface area (Å²) in [6, 6.07) is 6.03. The lowest BCUT2D eigenvalue weighted by atomic mass is 10.2. The number of ether oxygens (including phenoxy) is 2. The summed E-state index contributed by atoms with van der Waals surface area (Å²) < 4.78 is 12.3. The maximum Gasteiger partial charge on any atom is 0.183 e. The lowest BCUT2D eigenvalue weighted by Crippen LogP contribution is -2.18. The SMILES string of the molecule is CCOc1ccc2nc(NC[C@H]3CCCO3)sc2c1. The second kappa shape index (κ2) is 5.75. The average Bonchev–Trinajstić information content (AvgIpc) is 3.05. The zero-order valence-electron chi connectivity index (χ0n) is 11.0. The van der Waals surface area contributed by atoms with Crippen LogP contribution in [0.25, 0.3) is 10.2 Å². The Morgan fingerprint density at radius 1 is 1.53 bits per heavy atom. The molecule has 102 valence electrons. The van der Waals surface area contributed by atoms with E-state index < -0.39 is 0 Å². The molecule has 0 spiro atoms. The highest BCUT2D eigenvalue weighted by Gasteiger charge is 2.15. The average molecular weight is 278 g/mol. The van der Waals surface area contributed by atoms with Crippen LogP contribution in [0.4, 0.5) is 5.13 Å². The molecule has 0 bridgehead atoms. The van der Waals surface area contributed by atoms with E-state index in [4.69, 9.17) is 9.47 Å². The third-order valence-corrected chi connectivity index (χ3v) is 4.15. The Hall–Kier alpha value is -1.33. The first kappa shape index (κ1) is 12.7. The van der Waals surface area contributed by atoms with Crippen LogP contribution in [0.15, 0.2) is 18.2 Å². The summed E-state index contributed by atoms with van der Waals surface area (Å²) >= 11 is 1.66. The van der Waals surface area contributed by atoms with Gasteiger partial charge in [-0.3, -0.25) is 0 Å². The standard InChI is InChI=1S/C14H18N2O2S/c1-2-17-10-5-6-12-13(8-10)19-14(16-12)15-9-11-4-3-7-18-11/h5-6,8,11H,2-4,7,9H2,1H3,(H,15,16)/t11-/m1/s1. The van der Waals surface area contributed by atoms with Gasteiger partial charge >= 0.3 is 0 Å². The molecule has 5 heteroatoms. The molecule has 1 N–H and O–H groups in total. The van der Waals surface area contributed by atoms with Gasteiger partial charge in [0.15, 0.2) is 5.13 Å². The van der Waals surface area contributed by atoms with Gasteiger partial charge in [-0.15, -0.1) is 0 Å².